The van der Waals surface area contributed by atoms with Crippen molar-refractivity contribution in [1.29, 1.82) is 5.26 Å². The zero-order valence-corrected chi connectivity index (χ0v) is 17.1. The van der Waals surface area contributed by atoms with Crippen molar-refractivity contribution in [3.63, 3.8) is 0 Å². The third kappa shape index (κ3) is 4.58. The molecule has 0 unspecified atom stereocenters. The highest BCUT2D eigenvalue weighted by atomic mass is 19.1. The summed E-state index contributed by atoms with van der Waals surface area (Å²) in [6.45, 7) is 4.06. The summed E-state index contributed by atoms with van der Waals surface area (Å²) >= 11 is 0. The number of nitrogens with zero attached hydrogens (tertiary/aromatic N) is 2. The summed E-state index contributed by atoms with van der Waals surface area (Å²) in [5, 5.41) is 12.3. The van der Waals surface area contributed by atoms with Gasteiger partial charge in [0.15, 0.2) is 0 Å². The van der Waals surface area contributed by atoms with Crippen LogP contribution in [-0.2, 0) is 11.3 Å². The summed E-state index contributed by atoms with van der Waals surface area (Å²) in [6, 6.07) is 17.4. The maximum Gasteiger partial charge on any atom is 0.262 e. The number of rotatable bonds is 6. The molecule has 3 rings (SSSR count). The molecule has 152 valence electrons. The number of nitriles is 1. The fourth-order valence-corrected chi connectivity index (χ4v) is 3.27. The summed E-state index contributed by atoms with van der Waals surface area (Å²) in [5.74, 6) is -0.0482. The average Bonchev–Trinajstić information content (AvgIpc) is 3.03. The van der Waals surface area contributed by atoms with Gasteiger partial charge in [-0.2, -0.15) is 5.26 Å². The molecule has 0 saturated heterocycles. The van der Waals surface area contributed by atoms with Gasteiger partial charge in [0.1, 0.15) is 23.2 Å². The Kier molecular flexibility index (Phi) is 6.33. The molecule has 1 aromatic heterocycles. The molecular weight excluding hydrogens is 381 g/mol. The van der Waals surface area contributed by atoms with E-state index in [0.717, 1.165) is 28.3 Å². The highest BCUT2D eigenvalue weighted by Gasteiger charge is 2.14. The van der Waals surface area contributed by atoms with Crippen molar-refractivity contribution in [2.24, 2.45) is 0 Å². The van der Waals surface area contributed by atoms with Gasteiger partial charge in [0.05, 0.1) is 7.11 Å². The lowest BCUT2D eigenvalue weighted by Gasteiger charge is -2.09. The van der Waals surface area contributed by atoms with Crippen LogP contribution in [0.1, 0.15) is 22.5 Å². The van der Waals surface area contributed by atoms with Gasteiger partial charge in [-0.1, -0.05) is 18.2 Å². The summed E-state index contributed by atoms with van der Waals surface area (Å²) in [6.07, 6.45) is 1.56. The third-order valence-corrected chi connectivity index (χ3v) is 4.81. The standard InChI is InChI=1S/C24H22FN3O2/c1-16-11-19(17(2)28(16)22-6-4-5-21(25)13-22)12-20(14-26)24(29)27-15-18-7-9-23(30-3)10-8-18/h4-13H,15H2,1-3H3,(H,27,29)/b20-12-. The summed E-state index contributed by atoms with van der Waals surface area (Å²) in [7, 11) is 1.59. The van der Waals surface area contributed by atoms with E-state index in [9.17, 15) is 14.4 Å². The molecule has 0 spiro atoms. The average molecular weight is 403 g/mol. The minimum Gasteiger partial charge on any atom is -0.497 e. The van der Waals surface area contributed by atoms with Gasteiger partial charge in [0.2, 0.25) is 0 Å². The molecule has 3 aromatic rings. The Hall–Kier alpha value is -3.85. The number of methoxy groups -OCH3 is 1. The molecule has 0 aliphatic heterocycles. The third-order valence-electron chi connectivity index (χ3n) is 4.81. The van der Waals surface area contributed by atoms with Gasteiger partial charge >= 0.3 is 0 Å². The number of hydrogen-bond acceptors (Lipinski definition) is 3. The SMILES string of the molecule is COc1ccc(CNC(=O)/C(C#N)=C\c2cc(C)n(-c3cccc(F)c3)c2C)cc1. The largest absolute Gasteiger partial charge is 0.497 e. The molecule has 0 atom stereocenters. The zero-order chi connectivity index (χ0) is 21.7. The maximum atomic E-state index is 13.6. The second-order valence-electron chi connectivity index (χ2n) is 6.84. The number of amides is 1. The van der Waals surface area contributed by atoms with Gasteiger partial charge in [-0.3, -0.25) is 4.79 Å². The predicted molar refractivity (Wildman–Crippen MR) is 114 cm³/mol. The monoisotopic (exact) mass is 403 g/mol. The van der Waals surface area contributed by atoms with Crippen LogP contribution < -0.4 is 10.1 Å². The minimum absolute atomic E-state index is 0.00278. The Morgan fingerprint density at radius 2 is 1.93 bits per heavy atom. The fraction of sp³-hybridized carbons (Fsp3) is 0.167. The Labute approximate surface area is 175 Å². The first kappa shape index (κ1) is 20.9. The van der Waals surface area contributed by atoms with Crippen molar-refractivity contribution in [3.8, 4) is 17.5 Å². The first-order valence-electron chi connectivity index (χ1n) is 9.40. The van der Waals surface area contributed by atoms with E-state index >= 15 is 0 Å². The van der Waals surface area contributed by atoms with Crippen LogP contribution in [0.15, 0.2) is 60.2 Å². The van der Waals surface area contributed by atoms with E-state index in [1.807, 2.05) is 60.9 Å². The Balaban J connectivity index is 1.81. The molecule has 0 radical (unpaired) electrons. The van der Waals surface area contributed by atoms with E-state index in [2.05, 4.69) is 5.32 Å². The van der Waals surface area contributed by atoms with Crippen molar-refractivity contribution in [2.75, 3.05) is 7.11 Å². The van der Waals surface area contributed by atoms with Crippen molar-refractivity contribution < 1.29 is 13.9 Å². The van der Waals surface area contributed by atoms with Crippen LogP contribution in [0.5, 0.6) is 5.75 Å². The number of halogens is 1. The number of carbonyl (C=O) groups is 1. The first-order valence-corrected chi connectivity index (χ1v) is 9.40. The number of hydrogen-bond donors (Lipinski definition) is 1. The number of nitrogens with one attached hydrogen (secondary N) is 1. The van der Waals surface area contributed by atoms with Crippen LogP contribution in [0.2, 0.25) is 0 Å². The number of carbonyl (C=O) groups excluding carboxylic acids is 1. The second kappa shape index (κ2) is 9.10. The van der Waals surface area contributed by atoms with Crippen molar-refractivity contribution in [2.45, 2.75) is 20.4 Å². The van der Waals surface area contributed by atoms with E-state index < -0.39 is 5.91 Å². The predicted octanol–water partition coefficient (Wildman–Crippen LogP) is 4.47. The minimum atomic E-state index is -0.455. The molecule has 1 N–H and O–H groups in total. The quantitative estimate of drug-likeness (QED) is 0.488. The van der Waals surface area contributed by atoms with E-state index in [1.54, 1.807) is 19.3 Å². The number of ether oxygens (including phenoxy) is 1. The van der Waals surface area contributed by atoms with Gasteiger partial charge in [0, 0.05) is 23.6 Å². The molecule has 2 aromatic carbocycles. The fourth-order valence-electron chi connectivity index (χ4n) is 3.27. The van der Waals surface area contributed by atoms with Crippen LogP contribution in [0.25, 0.3) is 11.8 Å². The highest BCUT2D eigenvalue weighted by molar-refractivity contribution is 6.01. The van der Waals surface area contributed by atoms with Crippen molar-refractivity contribution in [3.05, 3.63) is 88.5 Å². The maximum absolute atomic E-state index is 13.6. The van der Waals surface area contributed by atoms with Crippen molar-refractivity contribution in [1.82, 2.24) is 9.88 Å². The topological polar surface area (TPSA) is 67.0 Å². The molecule has 0 fully saturated rings. The van der Waals surface area contributed by atoms with Crippen LogP contribution in [0.4, 0.5) is 4.39 Å². The first-order chi connectivity index (χ1) is 14.4. The summed E-state index contributed by atoms with van der Waals surface area (Å²) < 4.78 is 20.6. The van der Waals surface area contributed by atoms with Crippen molar-refractivity contribution >= 4 is 12.0 Å². The summed E-state index contributed by atoms with van der Waals surface area (Å²) in [5.41, 5.74) is 4.00. The van der Waals surface area contributed by atoms with Gasteiger partial charge in [-0.05, 0) is 67.4 Å². The van der Waals surface area contributed by atoms with Gasteiger partial charge in [0.25, 0.3) is 5.91 Å². The molecule has 30 heavy (non-hydrogen) atoms. The summed E-state index contributed by atoms with van der Waals surface area (Å²) in [4.78, 5) is 12.5. The number of aromatic nitrogens is 1. The zero-order valence-electron chi connectivity index (χ0n) is 17.1. The van der Waals surface area contributed by atoms with E-state index in [4.69, 9.17) is 4.74 Å². The normalized spacial score (nSPS) is 11.1. The van der Waals surface area contributed by atoms with Crippen LogP contribution >= 0.6 is 0 Å². The molecule has 1 amide bonds. The molecule has 1 heterocycles. The number of benzene rings is 2. The Bertz CT molecular complexity index is 1140. The highest BCUT2D eigenvalue weighted by Crippen LogP contribution is 2.23. The lowest BCUT2D eigenvalue weighted by Crippen LogP contribution is -2.23. The molecule has 6 heteroatoms. The molecular formula is C24H22FN3O2. The smallest absolute Gasteiger partial charge is 0.262 e. The van der Waals surface area contributed by atoms with Gasteiger partial charge in [-0.15, -0.1) is 0 Å². The molecule has 0 saturated carbocycles. The molecule has 0 aliphatic carbocycles. The van der Waals surface area contributed by atoms with E-state index in [1.165, 1.54) is 12.1 Å². The second-order valence-corrected chi connectivity index (χ2v) is 6.84. The van der Waals surface area contributed by atoms with E-state index in [-0.39, 0.29) is 11.4 Å². The van der Waals surface area contributed by atoms with Crippen LogP contribution in [0.3, 0.4) is 0 Å². The Morgan fingerprint density at radius 1 is 1.20 bits per heavy atom. The molecule has 5 nitrogen and oxygen atoms in total. The van der Waals surface area contributed by atoms with E-state index in [0.29, 0.717) is 12.2 Å². The van der Waals surface area contributed by atoms with Gasteiger partial charge in [-0.25, -0.2) is 4.39 Å². The molecule has 0 bridgehead atoms. The van der Waals surface area contributed by atoms with Gasteiger partial charge < -0.3 is 14.6 Å². The van der Waals surface area contributed by atoms with Crippen LogP contribution in [0, 0.1) is 31.0 Å². The lowest BCUT2D eigenvalue weighted by atomic mass is 10.1. The lowest BCUT2D eigenvalue weighted by molar-refractivity contribution is -0.117. The molecule has 0 aliphatic rings. The van der Waals surface area contributed by atoms with Crippen LogP contribution in [-0.4, -0.2) is 17.6 Å². The number of aryl methyl sites for hydroxylation is 1. The Morgan fingerprint density at radius 3 is 2.57 bits per heavy atom.